The maximum absolute atomic E-state index is 4.74. The van der Waals surface area contributed by atoms with Crippen LogP contribution in [0.4, 0.5) is 0 Å². The van der Waals surface area contributed by atoms with E-state index < -0.39 is 0 Å². The van der Waals surface area contributed by atoms with Gasteiger partial charge in [-0.1, -0.05) is 24.3 Å². The van der Waals surface area contributed by atoms with Crippen LogP contribution >= 0.6 is 0 Å². The molecule has 2 aliphatic rings. The van der Waals surface area contributed by atoms with E-state index in [0.717, 1.165) is 44.8 Å². The van der Waals surface area contributed by atoms with Gasteiger partial charge in [0, 0.05) is 49.9 Å². The summed E-state index contributed by atoms with van der Waals surface area (Å²) in [7, 11) is 0. The molecule has 6 rings (SSSR count). The molecule has 0 saturated carbocycles. The number of hydrogen-bond donors (Lipinski definition) is 2. The molecule has 0 unspecified atom stereocenters. The molecular weight excluding hydrogens is 408 g/mol. The topological polar surface area (TPSA) is 57.4 Å². The van der Waals surface area contributed by atoms with E-state index in [1.165, 1.54) is 10.8 Å². The van der Waals surface area contributed by atoms with Crippen LogP contribution in [0, 0.1) is 0 Å². The Hall–Kier alpha value is -3.40. The van der Waals surface area contributed by atoms with Gasteiger partial charge in [0.1, 0.15) is 0 Å². The van der Waals surface area contributed by atoms with Gasteiger partial charge in [0.05, 0.1) is 22.8 Å². The third-order valence-electron chi connectivity index (χ3n) is 5.07. The number of aromatic nitrogens is 4. The van der Waals surface area contributed by atoms with Gasteiger partial charge in [-0.2, -0.15) is 0 Å². The first kappa shape index (κ1) is 17.7. The van der Waals surface area contributed by atoms with Crippen molar-refractivity contribution in [3.8, 4) is 0 Å². The van der Waals surface area contributed by atoms with E-state index in [4.69, 9.17) is 9.97 Å². The van der Waals surface area contributed by atoms with Crippen molar-refractivity contribution in [3.63, 3.8) is 0 Å². The zero-order chi connectivity index (χ0) is 18.5. The fourth-order valence-corrected chi connectivity index (χ4v) is 3.78. The van der Waals surface area contributed by atoms with Gasteiger partial charge in [0.2, 0.25) is 0 Å². The summed E-state index contributed by atoms with van der Waals surface area (Å²) in [5.41, 5.74) is 7.89. The first-order chi connectivity index (χ1) is 13.8. The average molecular weight is 424 g/mol. The fourth-order valence-electron chi connectivity index (χ4n) is 3.78. The van der Waals surface area contributed by atoms with Crippen molar-refractivity contribution in [3.05, 3.63) is 83.4 Å². The summed E-state index contributed by atoms with van der Waals surface area (Å²) in [5.74, 6) is 0. The predicted octanol–water partition coefficient (Wildman–Crippen LogP) is 5.81. The Morgan fingerprint density at radius 1 is 0.517 bits per heavy atom. The van der Waals surface area contributed by atoms with Crippen LogP contribution in [0.15, 0.2) is 60.7 Å². The summed E-state index contributed by atoms with van der Waals surface area (Å²) in [5, 5.41) is 2.36. The van der Waals surface area contributed by atoms with Crippen molar-refractivity contribution in [1.82, 2.24) is 19.9 Å². The Bertz CT molecular complexity index is 1360. The Balaban J connectivity index is 0.00000181. The van der Waals surface area contributed by atoms with E-state index in [1.54, 1.807) is 0 Å². The number of hydrogen-bond acceptors (Lipinski definition) is 2. The van der Waals surface area contributed by atoms with Gasteiger partial charge in [0.15, 0.2) is 0 Å². The number of nitrogens with one attached hydrogen (secondary N) is 2. The Labute approximate surface area is 177 Å². The molecule has 29 heavy (non-hydrogen) atoms. The van der Waals surface area contributed by atoms with Gasteiger partial charge in [-0.3, -0.25) is 0 Å². The molecular formula is C24H16CuN4. The summed E-state index contributed by atoms with van der Waals surface area (Å²) in [6.07, 6.45) is 8.17. The standard InChI is InChI=1S/C24H16N4.Cu/c1-2-4-22-21(3-1)23-13-19-9-7-17(26-19)11-15-5-6-16(25-15)12-18-8-10-20(27-18)14-24(22)28-23;/h1-14,25,28H;. The third-order valence-corrected chi connectivity index (χ3v) is 5.07. The quantitative estimate of drug-likeness (QED) is 0.303. The van der Waals surface area contributed by atoms with Crippen molar-refractivity contribution in [2.75, 3.05) is 0 Å². The molecule has 5 heteroatoms. The van der Waals surface area contributed by atoms with Gasteiger partial charge in [-0.05, 0) is 60.7 Å². The zero-order valence-electron chi connectivity index (χ0n) is 15.3. The first-order valence-electron chi connectivity index (χ1n) is 9.26. The number of fused-ring (bicyclic) bond motifs is 11. The molecule has 1 aromatic carbocycles. The van der Waals surface area contributed by atoms with E-state index >= 15 is 0 Å². The van der Waals surface area contributed by atoms with Gasteiger partial charge >= 0.3 is 0 Å². The molecule has 1 radical (unpaired) electrons. The van der Waals surface area contributed by atoms with Crippen molar-refractivity contribution in [1.29, 1.82) is 0 Å². The third kappa shape index (κ3) is 3.21. The fraction of sp³-hybridized carbons (Fsp3) is 0. The molecule has 4 aromatic rings. The maximum Gasteiger partial charge on any atom is 0.0658 e. The summed E-state index contributed by atoms with van der Waals surface area (Å²) in [4.78, 5) is 16.4. The van der Waals surface area contributed by atoms with Crippen molar-refractivity contribution in [2.24, 2.45) is 0 Å². The van der Waals surface area contributed by atoms with Crippen LogP contribution in [-0.4, -0.2) is 19.9 Å². The van der Waals surface area contributed by atoms with Crippen LogP contribution in [0.1, 0.15) is 22.8 Å². The van der Waals surface area contributed by atoms with E-state index in [0.29, 0.717) is 0 Å². The molecule has 4 nitrogen and oxygen atoms in total. The summed E-state index contributed by atoms with van der Waals surface area (Å²) >= 11 is 0. The monoisotopic (exact) mass is 423 g/mol. The molecule has 0 fully saturated rings. The van der Waals surface area contributed by atoms with E-state index in [1.807, 2.05) is 24.3 Å². The second-order valence-electron chi connectivity index (χ2n) is 7.03. The minimum Gasteiger partial charge on any atom is -0.355 e. The smallest absolute Gasteiger partial charge is 0.0658 e. The van der Waals surface area contributed by atoms with Crippen molar-refractivity contribution in [2.45, 2.75) is 0 Å². The number of rotatable bonds is 0. The maximum atomic E-state index is 4.74. The second kappa shape index (κ2) is 6.89. The van der Waals surface area contributed by atoms with Crippen LogP contribution < -0.4 is 0 Å². The van der Waals surface area contributed by atoms with Gasteiger partial charge in [-0.25, -0.2) is 9.97 Å². The SMILES string of the molecule is C1=Cc2cc3[nH]c(cc4nc(cc5ccc(cc1n2)[nH]5)C=C4)c1ccccc31.[Cu]. The van der Waals surface area contributed by atoms with Crippen LogP contribution in [0.5, 0.6) is 0 Å². The molecule has 5 heterocycles. The van der Waals surface area contributed by atoms with Gasteiger partial charge < -0.3 is 9.97 Å². The Morgan fingerprint density at radius 3 is 1.45 bits per heavy atom. The number of H-pyrrole nitrogens is 2. The Kier molecular flexibility index (Phi) is 4.20. The average Bonchev–Trinajstić information content (AvgIpc) is 3.47. The molecule has 3 aromatic heterocycles. The largest absolute Gasteiger partial charge is 0.355 e. The zero-order valence-corrected chi connectivity index (χ0v) is 16.2. The van der Waals surface area contributed by atoms with Crippen LogP contribution in [-0.2, 0) is 17.1 Å². The van der Waals surface area contributed by atoms with Crippen LogP contribution in [0.25, 0.3) is 57.1 Å². The summed E-state index contributed by atoms with van der Waals surface area (Å²) < 4.78 is 0. The minimum absolute atomic E-state index is 0. The van der Waals surface area contributed by atoms with Crippen molar-refractivity contribution < 1.29 is 17.1 Å². The second-order valence-corrected chi connectivity index (χ2v) is 7.03. The summed E-state index contributed by atoms with van der Waals surface area (Å²) in [6, 6.07) is 20.8. The predicted molar refractivity (Wildman–Crippen MR) is 116 cm³/mol. The summed E-state index contributed by atoms with van der Waals surface area (Å²) in [6.45, 7) is 0. The van der Waals surface area contributed by atoms with E-state index in [9.17, 15) is 0 Å². The number of aromatic amines is 2. The Morgan fingerprint density at radius 2 is 0.966 bits per heavy atom. The molecule has 0 aliphatic carbocycles. The molecule has 0 atom stereocenters. The normalized spacial score (nSPS) is 12.3. The number of nitrogens with zero attached hydrogens (tertiary/aromatic N) is 2. The van der Waals surface area contributed by atoms with E-state index in [-0.39, 0.29) is 17.1 Å². The molecule has 0 amide bonds. The first-order valence-corrected chi connectivity index (χ1v) is 9.26. The number of benzene rings is 1. The van der Waals surface area contributed by atoms with Crippen molar-refractivity contribution >= 4 is 57.1 Å². The molecule has 0 spiro atoms. The molecule has 2 aliphatic heterocycles. The van der Waals surface area contributed by atoms with Gasteiger partial charge in [0.25, 0.3) is 0 Å². The van der Waals surface area contributed by atoms with Crippen LogP contribution in [0.3, 0.4) is 0 Å². The molecule has 0 saturated heterocycles. The molecule has 143 valence electrons. The van der Waals surface area contributed by atoms with E-state index in [2.05, 4.69) is 70.6 Å². The van der Waals surface area contributed by atoms with Crippen LogP contribution in [0.2, 0.25) is 0 Å². The molecule has 2 N–H and O–H groups in total. The van der Waals surface area contributed by atoms with Gasteiger partial charge in [-0.15, -0.1) is 0 Å². The minimum atomic E-state index is 0. The molecule has 8 bridgehead atoms.